The van der Waals surface area contributed by atoms with Crippen molar-refractivity contribution in [2.24, 2.45) is 5.41 Å². The van der Waals surface area contributed by atoms with Crippen molar-refractivity contribution in [2.75, 3.05) is 6.61 Å². The largest absolute Gasteiger partial charge is 0.375 e. The molecule has 0 amide bonds. The van der Waals surface area contributed by atoms with Crippen molar-refractivity contribution < 1.29 is 4.74 Å². The van der Waals surface area contributed by atoms with E-state index in [1.165, 1.54) is 0 Å². The lowest BCUT2D eigenvalue weighted by Gasteiger charge is -2.26. The zero-order valence-corrected chi connectivity index (χ0v) is 8.12. The van der Waals surface area contributed by atoms with Crippen molar-refractivity contribution in [3.8, 4) is 0 Å². The Bertz CT molecular complexity index is 78.4. The number of hydrogen-bond acceptors (Lipinski definition) is 1. The molecule has 11 heavy (non-hydrogen) atoms. The molecule has 70 valence electrons. The molecule has 1 nitrogen and oxygen atoms in total. The summed E-state index contributed by atoms with van der Waals surface area (Å²) in [7, 11) is 0. The second-order valence-corrected chi connectivity index (χ2v) is 4.96. The first-order chi connectivity index (χ1) is 4.21. The van der Waals surface area contributed by atoms with Crippen molar-refractivity contribution >= 4 is 0 Å². The van der Waals surface area contributed by atoms with Crippen LogP contribution in [0.2, 0.25) is 0 Å². The molecule has 0 fully saturated rings. The Morgan fingerprint density at radius 2 is 1.27 bits per heavy atom. The van der Waals surface area contributed by atoms with Crippen LogP contribution in [0.5, 0.6) is 0 Å². The van der Waals surface area contributed by atoms with Crippen LogP contribution in [0, 0.1) is 5.41 Å². The Morgan fingerprint density at radius 3 is 1.36 bits per heavy atom. The molecule has 0 aromatic rings. The fraction of sp³-hybridized carbons (Fsp3) is 1.00. The van der Waals surface area contributed by atoms with E-state index in [9.17, 15) is 0 Å². The molecule has 0 aliphatic rings. The van der Waals surface area contributed by atoms with E-state index in [0.717, 1.165) is 6.61 Å². The zero-order valence-electron chi connectivity index (χ0n) is 8.12. The lowest BCUT2D eigenvalue weighted by molar-refractivity contribution is -0.0382. The quantitative estimate of drug-likeness (QED) is 0.570. The summed E-state index contributed by atoms with van der Waals surface area (Å²) in [4.78, 5) is 0. The predicted octanol–water partition coefficient (Wildman–Crippen LogP) is 3.48. The van der Waals surface area contributed by atoms with Gasteiger partial charge in [-0.05, 0) is 26.2 Å². The maximum atomic E-state index is 5.59. The molecule has 0 rings (SSSR count). The van der Waals surface area contributed by atoms with E-state index in [1.807, 2.05) is 0 Å². The average Bonchev–Trinajstić information content (AvgIpc) is 1.57. The Labute approximate surface area is 72.1 Å². The van der Waals surface area contributed by atoms with Gasteiger partial charge in [0.15, 0.2) is 0 Å². The van der Waals surface area contributed by atoms with Crippen molar-refractivity contribution in [3.63, 3.8) is 0 Å². The molecule has 0 saturated carbocycles. The molecule has 1 heteroatoms. The fourth-order valence-corrected chi connectivity index (χ4v) is 0.433. The summed E-state index contributed by atoms with van der Waals surface area (Å²) in [6, 6.07) is 0. The Hall–Kier alpha value is -0.0400. The van der Waals surface area contributed by atoms with Gasteiger partial charge in [-0.1, -0.05) is 28.2 Å². The summed E-state index contributed by atoms with van der Waals surface area (Å²) in [5.41, 5.74) is 0.292. The predicted molar refractivity (Wildman–Crippen MR) is 51.9 cm³/mol. The lowest BCUT2D eigenvalue weighted by atomic mass is 9.98. The van der Waals surface area contributed by atoms with E-state index < -0.39 is 0 Å². The van der Waals surface area contributed by atoms with Crippen LogP contribution in [0.4, 0.5) is 0 Å². The summed E-state index contributed by atoms with van der Waals surface area (Å²) in [6.07, 6.45) is 0. The molecule has 0 aromatic carbocycles. The maximum absolute atomic E-state index is 5.59. The SMILES string of the molecule is C.CC(C)(C)COC(C)(C)C. The highest BCUT2D eigenvalue weighted by Crippen LogP contribution is 2.17. The highest BCUT2D eigenvalue weighted by atomic mass is 16.5. The van der Waals surface area contributed by atoms with Gasteiger partial charge in [0, 0.05) is 0 Å². The van der Waals surface area contributed by atoms with E-state index in [1.54, 1.807) is 0 Å². The zero-order chi connectivity index (χ0) is 8.41. The minimum absolute atomic E-state index is 0. The number of hydrogen-bond donors (Lipinski definition) is 0. The van der Waals surface area contributed by atoms with Crippen molar-refractivity contribution in [3.05, 3.63) is 0 Å². The van der Waals surface area contributed by atoms with Gasteiger partial charge in [0.05, 0.1) is 12.2 Å². The molecule has 0 saturated heterocycles. The third kappa shape index (κ3) is 13.0. The average molecular weight is 160 g/mol. The summed E-state index contributed by atoms with van der Waals surface area (Å²) >= 11 is 0. The molecular weight excluding hydrogens is 136 g/mol. The highest BCUT2D eigenvalue weighted by Gasteiger charge is 2.16. The Kier molecular flexibility index (Phi) is 5.05. The molecule has 0 bridgehead atoms. The van der Waals surface area contributed by atoms with E-state index >= 15 is 0 Å². The molecular formula is C10H24O. The molecule has 0 N–H and O–H groups in total. The number of ether oxygens (including phenoxy) is 1. The van der Waals surface area contributed by atoms with Gasteiger partial charge in [0.1, 0.15) is 0 Å². The Balaban J connectivity index is 0. The lowest BCUT2D eigenvalue weighted by Crippen LogP contribution is -2.26. The maximum Gasteiger partial charge on any atom is 0.0598 e. The standard InChI is InChI=1S/C9H20O.CH4/c1-8(2,3)7-10-9(4,5)6;/h7H2,1-6H3;1H4. The van der Waals surface area contributed by atoms with Gasteiger partial charge in [0.25, 0.3) is 0 Å². The fourth-order valence-electron chi connectivity index (χ4n) is 0.433. The minimum Gasteiger partial charge on any atom is -0.375 e. The van der Waals surface area contributed by atoms with Crippen molar-refractivity contribution in [1.82, 2.24) is 0 Å². The van der Waals surface area contributed by atoms with Crippen LogP contribution in [0.25, 0.3) is 0 Å². The summed E-state index contributed by atoms with van der Waals surface area (Å²) in [5, 5.41) is 0. The first kappa shape index (κ1) is 13.5. The van der Waals surface area contributed by atoms with Crippen LogP contribution < -0.4 is 0 Å². The van der Waals surface area contributed by atoms with Crippen LogP contribution in [-0.4, -0.2) is 12.2 Å². The molecule has 0 spiro atoms. The highest BCUT2D eigenvalue weighted by molar-refractivity contribution is 4.64. The van der Waals surface area contributed by atoms with Gasteiger partial charge in [-0.25, -0.2) is 0 Å². The van der Waals surface area contributed by atoms with Crippen LogP contribution in [0.1, 0.15) is 49.0 Å². The second-order valence-electron chi connectivity index (χ2n) is 4.96. The van der Waals surface area contributed by atoms with E-state index in [4.69, 9.17) is 4.74 Å². The van der Waals surface area contributed by atoms with Gasteiger partial charge >= 0.3 is 0 Å². The van der Waals surface area contributed by atoms with Crippen LogP contribution in [0.15, 0.2) is 0 Å². The van der Waals surface area contributed by atoms with E-state index in [-0.39, 0.29) is 18.4 Å². The van der Waals surface area contributed by atoms with Gasteiger partial charge in [0.2, 0.25) is 0 Å². The summed E-state index contributed by atoms with van der Waals surface area (Å²) in [5.74, 6) is 0. The number of rotatable bonds is 1. The van der Waals surface area contributed by atoms with Gasteiger partial charge < -0.3 is 4.74 Å². The van der Waals surface area contributed by atoms with Crippen LogP contribution in [-0.2, 0) is 4.74 Å². The monoisotopic (exact) mass is 160 g/mol. The van der Waals surface area contributed by atoms with Crippen LogP contribution >= 0.6 is 0 Å². The minimum atomic E-state index is 0. The van der Waals surface area contributed by atoms with Crippen LogP contribution in [0.3, 0.4) is 0 Å². The molecule has 0 aromatic heterocycles. The molecule has 0 aliphatic carbocycles. The van der Waals surface area contributed by atoms with Crippen molar-refractivity contribution in [2.45, 2.75) is 54.6 Å². The van der Waals surface area contributed by atoms with Crippen molar-refractivity contribution in [1.29, 1.82) is 0 Å². The smallest absolute Gasteiger partial charge is 0.0598 e. The molecule has 0 unspecified atom stereocenters. The molecule has 0 heterocycles. The summed E-state index contributed by atoms with van der Waals surface area (Å²) in [6.45, 7) is 13.6. The second kappa shape index (κ2) is 4.10. The van der Waals surface area contributed by atoms with E-state index in [2.05, 4.69) is 41.5 Å². The topological polar surface area (TPSA) is 9.23 Å². The first-order valence-corrected chi connectivity index (χ1v) is 3.85. The van der Waals surface area contributed by atoms with Gasteiger partial charge in [-0.3, -0.25) is 0 Å². The molecule has 0 radical (unpaired) electrons. The van der Waals surface area contributed by atoms with Gasteiger partial charge in [-0.15, -0.1) is 0 Å². The molecule has 0 atom stereocenters. The normalized spacial score (nSPS) is 12.5. The third-order valence-corrected chi connectivity index (χ3v) is 0.938. The van der Waals surface area contributed by atoms with Gasteiger partial charge in [-0.2, -0.15) is 0 Å². The third-order valence-electron chi connectivity index (χ3n) is 0.938. The summed E-state index contributed by atoms with van der Waals surface area (Å²) < 4.78 is 5.59. The Morgan fingerprint density at radius 1 is 0.909 bits per heavy atom. The molecule has 0 aliphatic heterocycles. The first-order valence-electron chi connectivity index (χ1n) is 3.85. The van der Waals surface area contributed by atoms with E-state index in [0.29, 0.717) is 0 Å².